The van der Waals surface area contributed by atoms with Gasteiger partial charge in [-0.25, -0.2) is 0 Å². The van der Waals surface area contributed by atoms with Crippen LogP contribution >= 0.6 is 63.1 Å². The Morgan fingerprint density at radius 3 is 0.723 bits per heavy atom. The standard InChI is InChI=1S/C42H86S5/c43-37-29-22-16-10-5-2-1-3-7-13-19-25-33-41(47)42(36-28-32-40-46,35-27-21-15-9-12-18-24-31-39-45)34-26-20-14-8-4-6-11-17-23-30-38-44/h41,43-47H,1-40H2. The fraction of sp³-hybridized carbons (Fsp3) is 1.00. The third kappa shape index (κ3) is 33.3. The van der Waals surface area contributed by atoms with Gasteiger partial charge in [-0.15, -0.1) is 0 Å². The van der Waals surface area contributed by atoms with Gasteiger partial charge in [-0.05, 0) is 79.8 Å². The first-order valence-electron chi connectivity index (χ1n) is 21.3. The largest absolute Gasteiger partial charge is 0.179 e. The average molecular weight is 751 g/mol. The molecule has 0 aromatic carbocycles. The lowest BCUT2D eigenvalue weighted by Gasteiger charge is -2.40. The van der Waals surface area contributed by atoms with Gasteiger partial charge >= 0.3 is 0 Å². The SMILES string of the molecule is SCCCCCCCCCCCCCCC(S)C(CCCCS)(CCCCCCCCCCS)CCCCCCCCCCCCS. The first-order chi connectivity index (χ1) is 23.2. The highest BCUT2D eigenvalue weighted by Gasteiger charge is 2.35. The van der Waals surface area contributed by atoms with Crippen molar-refractivity contribution in [3.63, 3.8) is 0 Å². The van der Waals surface area contributed by atoms with E-state index in [4.69, 9.17) is 12.6 Å². The quantitative estimate of drug-likeness (QED) is 0.0298. The Hall–Kier alpha value is 1.75. The topological polar surface area (TPSA) is 0 Å². The molecule has 0 rings (SSSR count). The Balaban J connectivity index is 4.67. The molecule has 0 N–H and O–H groups in total. The van der Waals surface area contributed by atoms with E-state index < -0.39 is 0 Å². The Bertz CT molecular complexity index is 573. The summed E-state index contributed by atoms with van der Waals surface area (Å²) >= 11 is 23.1. The molecule has 5 heteroatoms. The van der Waals surface area contributed by atoms with Gasteiger partial charge in [0.25, 0.3) is 0 Å². The van der Waals surface area contributed by atoms with Gasteiger partial charge in [0.15, 0.2) is 0 Å². The van der Waals surface area contributed by atoms with Crippen LogP contribution in [0.2, 0.25) is 0 Å². The predicted octanol–water partition coefficient (Wildman–Crippen LogP) is 16.0. The van der Waals surface area contributed by atoms with E-state index in [1.165, 1.54) is 231 Å². The Labute approximate surface area is 325 Å². The molecule has 47 heavy (non-hydrogen) atoms. The van der Waals surface area contributed by atoms with Crippen molar-refractivity contribution in [2.24, 2.45) is 5.41 Å². The fourth-order valence-electron chi connectivity index (χ4n) is 7.64. The van der Waals surface area contributed by atoms with E-state index in [-0.39, 0.29) is 0 Å². The van der Waals surface area contributed by atoms with Crippen LogP contribution in [0, 0.1) is 5.41 Å². The molecule has 0 bridgehead atoms. The molecule has 0 radical (unpaired) electrons. The average Bonchev–Trinajstić information content (AvgIpc) is 3.08. The molecule has 0 fully saturated rings. The van der Waals surface area contributed by atoms with E-state index in [1.807, 2.05) is 0 Å². The Morgan fingerprint density at radius 2 is 0.447 bits per heavy atom. The maximum atomic E-state index is 5.49. The lowest BCUT2D eigenvalue weighted by Crippen LogP contribution is -2.32. The highest BCUT2D eigenvalue weighted by molar-refractivity contribution is 7.81. The van der Waals surface area contributed by atoms with E-state index in [0.717, 1.165) is 23.0 Å². The number of thiol groups is 5. The summed E-state index contributed by atoms with van der Waals surface area (Å²) < 4.78 is 0. The normalized spacial score (nSPS) is 13.7. The molecule has 0 aromatic heterocycles. The van der Waals surface area contributed by atoms with Crippen molar-refractivity contribution in [3.05, 3.63) is 0 Å². The number of rotatable bonds is 41. The number of hydrogen-bond donors (Lipinski definition) is 5. The summed E-state index contributed by atoms with van der Waals surface area (Å²) in [6.07, 6.45) is 50.3. The molecule has 0 heterocycles. The molecule has 0 spiro atoms. The zero-order valence-corrected chi connectivity index (χ0v) is 36.1. The van der Waals surface area contributed by atoms with Crippen LogP contribution < -0.4 is 0 Å². The molecule has 0 saturated carbocycles. The molecule has 0 amide bonds. The maximum absolute atomic E-state index is 5.49. The van der Waals surface area contributed by atoms with Crippen LogP contribution in [0.5, 0.6) is 0 Å². The zero-order chi connectivity index (χ0) is 34.4. The molecule has 0 aliphatic rings. The van der Waals surface area contributed by atoms with Gasteiger partial charge in [-0.3, -0.25) is 0 Å². The van der Waals surface area contributed by atoms with E-state index in [2.05, 4.69) is 50.5 Å². The van der Waals surface area contributed by atoms with Gasteiger partial charge < -0.3 is 0 Å². The smallest absolute Gasteiger partial charge is 0.00732 e. The first-order valence-corrected chi connectivity index (χ1v) is 24.3. The Kier molecular flexibility index (Phi) is 42.0. The van der Waals surface area contributed by atoms with Gasteiger partial charge in [-0.2, -0.15) is 63.1 Å². The van der Waals surface area contributed by atoms with Crippen LogP contribution in [0.3, 0.4) is 0 Å². The molecule has 0 aliphatic carbocycles. The molecule has 2 atom stereocenters. The highest BCUT2D eigenvalue weighted by atomic mass is 32.1. The molecule has 2 unspecified atom stereocenters. The molecule has 0 saturated heterocycles. The van der Waals surface area contributed by atoms with E-state index in [9.17, 15) is 0 Å². The van der Waals surface area contributed by atoms with Crippen LogP contribution in [0.25, 0.3) is 0 Å². The van der Waals surface area contributed by atoms with Crippen LogP contribution in [0.1, 0.15) is 231 Å². The minimum absolute atomic E-state index is 0.443. The van der Waals surface area contributed by atoms with Gasteiger partial charge in [0, 0.05) is 5.25 Å². The van der Waals surface area contributed by atoms with Crippen molar-refractivity contribution in [2.45, 2.75) is 236 Å². The van der Waals surface area contributed by atoms with Gasteiger partial charge in [0.1, 0.15) is 0 Å². The summed E-state index contributed by atoms with van der Waals surface area (Å²) in [5.41, 5.74) is 0.443. The van der Waals surface area contributed by atoms with Crippen molar-refractivity contribution in [1.82, 2.24) is 0 Å². The summed E-state index contributed by atoms with van der Waals surface area (Å²) in [6.45, 7) is 0. The first kappa shape index (κ1) is 48.8. The highest BCUT2D eigenvalue weighted by Crippen LogP contribution is 2.45. The van der Waals surface area contributed by atoms with Crippen LogP contribution in [0.15, 0.2) is 0 Å². The Morgan fingerprint density at radius 1 is 0.255 bits per heavy atom. The minimum atomic E-state index is 0.443. The zero-order valence-electron chi connectivity index (χ0n) is 31.6. The van der Waals surface area contributed by atoms with Crippen LogP contribution in [-0.2, 0) is 0 Å². The predicted molar refractivity (Wildman–Crippen MR) is 237 cm³/mol. The molecule has 0 nitrogen and oxygen atoms in total. The van der Waals surface area contributed by atoms with Gasteiger partial charge in [-0.1, -0.05) is 180 Å². The summed E-state index contributed by atoms with van der Waals surface area (Å²) in [4.78, 5) is 0. The van der Waals surface area contributed by atoms with Gasteiger partial charge in [0.05, 0.1) is 0 Å². The van der Waals surface area contributed by atoms with Crippen molar-refractivity contribution >= 4 is 63.1 Å². The summed E-state index contributed by atoms with van der Waals surface area (Å²) in [7, 11) is 0. The third-order valence-corrected chi connectivity index (χ3v) is 12.9. The monoisotopic (exact) mass is 751 g/mol. The summed E-state index contributed by atoms with van der Waals surface area (Å²) in [5.74, 6) is 4.19. The third-order valence-electron chi connectivity index (χ3n) is 10.8. The lowest BCUT2D eigenvalue weighted by molar-refractivity contribution is 0.183. The second kappa shape index (κ2) is 40.5. The summed E-state index contributed by atoms with van der Waals surface area (Å²) in [6, 6.07) is 0. The molecular formula is C42H86S5. The molecule has 284 valence electrons. The van der Waals surface area contributed by atoms with E-state index in [0.29, 0.717) is 10.7 Å². The van der Waals surface area contributed by atoms with Crippen molar-refractivity contribution in [2.75, 3.05) is 23.0 Å². The molecule has 0 aromatic rings. The second-order valence-corrected chi connectivity index (χ2v) is 17.5. The summed E-state index contributed by atoms with van der Waals surface area (Å²) in [5, 5.41) is 0.573. The van der Waals surface area contributed by atoms with Crippen LogP contribution in [0.4, 0.5) is 0 Å². The van der Waals surface area contributed by atoms with Crippen molar-refractivity contribution < 1.29 is 0 Å². The maximum Gasteiger partial charge on any atom is 0.00732 e. The van der Waals surface area contributed by atoms with Crippen molar-refractivity contribution in [3.8, 4) is 0 Å². The van der Waals surface area contributed by atoms with Crippen LogP contribution in [-0.4, -0.2) is 28.3 Å². The second-order valence-electron chi connectivity index (χ2n) is 15.1. The molecule has 0 aliphatic heterocycles. The molecular weight excluding hydrogens is 665 g/mol. The van der Waals surface area contributed by atoms with E-state index >= 15 is 0 Å². The van der Waals surface area contributed by atoms with Crippen molar-refractivity contribution in [1.29, 1.82) is 0 Å². The minimum Gasteiger partial charge on any atom is -0.179 e. The van der Waals surface area contributed by atoms with Gasteiger partial charge in [0.2, 0.25) is 0 Å². The lowest BCUT2D eigenvalue weighted by atomic mass is 9.70. The fourth-order valence-corrected chi connectivity index (χ4v) is 9.10. The number of unbranched alkanes of at least 4 members (excludes halogenated alkanes) is 28. The number of hydrogen-bond acceptors (Lipinski definition) is 5. The van der Waals surface area contributed by atoms with E-state index in [1.54, 1.807) is 0 Å².